The van der Waals surface area contributed by atoms with E-state index in [2.05, 4.69) is 38.2 Å². The van der Waals surface area contributed by atoms with Gasteiger partial charge in [-0.25, -0.2) is 0 Å². The molecule has 0 saturated carbocycles. The van der Waals surface area contributed by atoms with Crippen molar-refractivity contribution in [2.75, 3.05) is 410 Å². The first-order valence-electron chi connectivity index (χ1n) is 49.6. The summed E-state index contributed by atoms with van der Waals surface area (Å²) in [4.78, 5) is 0. The van der Waals surface area contributed by atoms with Gasteiger partial charge < -0.3 is 147 Å². The molecule has 127 heavy (non-hydrogen) atoms. The average Bonchev–Trinajstić information content (AvgIpc) is 1.16. The van der Waals surface area contributed by atoms with Crippen LogP contribution < -0.4 is 0 Å². The van der Waals surface area contributed by atoms with E-state index >= 15 is 0 Å². The van der Waals surface area contributed by atoms with Crippen molar-refractivity contribution < 1.29 is 147 Å². The molecule has 0 radical (unpaired) electrons. The molecule has 0 aliphatic rings. The molecule has 0 fully saturated rings. The van der Waals surface area contributed by atoms with Crippen LogP contribution in [0.2, 0.25) is 0 Å². The molecule has 31 nitrogen and oxygen atoms in total. The van der Waals surface area contributed by atoms with Gasteiger partial charge in [-0.05, 0) is 64.2 Å². The number of ether oxygens (including phenoxy) is 31. The van der Waals surface area contributed by atoms with Gasteiger partial charge in [0.15, 0.2) is 0 Å². The van der Waals surface area contributed by atoms with Crippen molar-refractivity contribution in [1.29, 1.82) is 0 Å². The highest BCUT2D eigenvalue weighted by atomic mass is 16.6. The topological polar surface area (TPSA) is 286 Å². The zero-order valence-electron chi connectivity index (χ0n) is 80.6. The molecule has 0 bridgehead atoms. The lowest BCUT2D eigenvalue weighted by Gasteiger charge is -2.09. The van der Waals surface area contributed by atoms with Gasteiger partial charge in [0.05, 0.1) is 396 Å². The standard InChI is InChI=1S/C96H190O31/c1-3-5-7-9-11-13-15-17-19-21-23-25-27-29-31-33-35-97-37-39-99-41-43-101-45-47-103-49-51-105-53-55-107-57-59-109-61-63-111-65-67-113-69-71-115-73-75-117-77-79-119-81-83-121-85-87-123-89-91-125-93-95-127-96-94-126-92-90-124-88-86-122-84-82-120-80-78-118-76-74-116-72-70-114-68-66-112-64-62-110-60-58-108-56-54-106-52-50-104-48-46-102-44-42-100-40-38-98-36-34-32-30-28-26-24-22-20-18-16-14-12-10-8-6-4-2/h17-20H,3-16,21-96H2,1-2H3/b19-17-,20-18-. The Kier molecular flexibility index (Phi) is 123. The van der Waals surface area contributed by atoms with Crippen LogP contribution in [-0.2, 0) is 147 Å². The summed E-state index contributed by atoms with van der Waals surface area (Å²) in [5.74, 6) is 0. The number of hydrogen-bond donors (Lipinski definition) is 0. The molecule has 760 valence electrons. The van der Waals surface area contributed by atoms with E-state index in [0.29, 0.717) is 396 Å². The van der Waals surface area contributed by atoms with Gasteiger partial charge in [0.2, 0.25) is 0 Å². The van der Waals surface area contributed by atoms with Crippen molar-refractivity contribution in [3.05, 3.63) is 24.3 Å². The summed E-state index contributed by atoms with van der Waals surface area (Å²) in [5.41, 5.74) is 0. The molecule has 0 aliphatic heterocycles. The lowest BCUT2D eigenvalue weighted by atomic mass is 10.1. The Morgan fingerprint density at radius 3 is 0.268 bits per heavy atom. The minimum absolute atomic E-state index is 0.481. The van der Waals surface area contributed by atoms with Crippen molar-refractivity contribution in [2.45, 2.75) is 194 Å². The highest BCUT2D eigenvalue weighted by Crippen LogP contribution is 2.13. The lowest BCUT2D eigenvalue weighted by Crippen LogP contribution is -2.16. The van der Waals surface area contributed by atoms with E-state index in [1.807, 2.05) is 0 Å². The van der Waals surface area contributed by atoms with Crippen molar-refractivity contribution in [3.8, 4) is 0 Å². The summed E-state index contributed by atoms with van der Waals surface area (Å²) in [5, 5.41) is 0. The molecular weight excluding hydrogens is 1650 g/mol. The molecule has 0 unspecified atom stereocenters. The van der Waals surface area contributed by atoms with Crippen LogP contribution in [0.3, 0.4) is 0 Å². The summed E-state index contributed by atoms with van der Waals surface area (Å²) in [6, 6.07) is 0. The van der Waals surface area contributed by atoms with Gasteiger partial charge in [0.25, 0.3) is 0 Å². The summed E-state index contributed by atoms with van der Waals surface area (Å²) >= 11 is 0. The van der Waals surface area contributed by atoms with Crippen molar-refractivity contribution in [1.82, 2.24) is 0 Å². The van der Waals surface area contributed by atoms with Crippen molar-refractivity contribution in [2.24, 2.45) is 0 Å². The summed E-state index contributed by atoms with van der Waals surface area (Å²) in [6.45, 7) is 36.4. The van der Waals surface area contributed by atoms with Gasteiger partial charge in [-0.15, -0.1) is 0 Å². The van der Waals surface area contributed by atoms with Crippen LogP contribution in [-0.4, -0.2) is 410 Å². The van der Waals surface area contributed by atoms with E-state index in [9.17, 15) is 0 Å². The third-order valence-corrected chi connectivity index (χ3v) is 18.8. The highest BCUT2D eigenvalue weighted by Gasteiger charge is 2.05. The van der Waals surface area contributed by atoms with Crippen molar-refractivity contribution >= 4 is 0 Å². The van der Waals surface area contributed by atoms with Crippen LogP contribution in [0.1, 0.15) is 194 Å². The van der Waals surface area contributed by atoms with Gasteiger partial charge in [0, 0.05) is 13.2 Å². The van der Waals surface area contributed by atoms with E-state index in [4.69, 9.17) is 147 Å². The minimum Gasteiger partial charge on any atom is -0.379 e. The zero-order chi connectivity index (χ0) is 90.4. The molecule has 0 N–H and O–H groups in total. The molecule has 0 aromatic rings. The van der Waals surface area contributed by atoms with Gasteiger partial charge in [-0.1, -0.05) is 154 Å². The van der Waals surface area contributed by atoms with E-state index in [-0.39, 0.29) is 0 Å². The molecule has 31 heteroatoms. The minimum atomic E-state index is 0.481. The summed E-state index contributed by atoms with van der Waals surface area (Å²) in [7, 11) is 0. The molecule has 0 saturated heterocycles. The molecule has 0 spiro atoms. The average molecular weight is 1840 g/mol. The van der Waals surface area contributed by atoms with Gasteiger partial charge >= 0.3 is 0 Å². The van der Waals surface area contributed by atoms with Gasteiger partial charge in [-0.2, -0.15) is 0 Å². The van der Waals surface area contributed by atoms with Crippen LogP contribution in [0.4, 0.5) is 0 Å². The molecular formula is C96H190O31. The highest BCUT2D eigenvalue weighted by molar-refractivity contribution is 4.82. The number of unbranched alkanes of at least 4 members (excludes halogenated alkanes) is 24. The molecule has 0 aromatic heterocycles. The Labute approximate surface area is 771 Å². The first kappa shape index (κ1) is 125. The maximum absolute atomic E-state index is 5.71. The third kappa shape index (κ3) is 124. The van der Waals surface area contributed by atoms with Crippen LogP contribution in [0.5, 0.6) is 0 Å². The van der Waals surface area contributed by atoms with E-state index in [0.717, 1.165) is 26.1 Å². The number of allylic oxidation sites excluding steroid dienone is 4. The number of hydrogen-bond acceptors (Lipinski definition) is 31. The largest absolute Gasteiger partial charge is 0.379 e. The van der Waals surface area contributed by atoms with Crippen LogP contribution in [0, 0.1) is 0 Å². The Bertz CT molecular complexity index is 1790. The normalized spacial score (nSPS) is 12.0. The molecule has 0 aromatic carbocycles. The Morgan fingerprint density at radius 2 is 0.165 bits per heavy atom. The SMILES string of the molecule is CCCCCCCC/C=C\CCCCCCCCOCCOCCOCCOCCOCCOCCOCCOCCOCCOCCOCCOCCOCCOCCOCCOCCOCCOCCOCCOCCOCCOCCOCCOCCOCCOCCOCCOCCOCCOCCOCCCCCCCC/C=C\CCCCCCCC. The molecule has 0 rings (SSSR count). The maximum atomic E-state index is 5.71. The summed E-state index contributed by atoms with van der Waals surface area (Å²) in [6.07, 6.45) is 46.4. The first-order chi connectivity index (χ1) is 63.4. The van der Waals surface area contributed by atoms with Gasteiger partial charge in [0.1, 0.15) is 0 Å². The second kappa shape index (κ2) is 124. The van der Waals surface area contributed by atoms with Gasteiger partial charge in [-0.3, -0.25) is 0 Å². The van der Waals surface area contributed by atoms with E-state index in [1.165, 1.54) is 167 Å². The lowest BCUT2D eigenvalue weighted by molar-refractivity contribution is -0.0325. The quantitative estimate of drug-likeness (QED) is 0.0404. The fourth-order valence-electron chi connectivity index (χ4n) is 11.6. The van der Waals surface area contributed by atoms with E-state index < -0.39 is 0 Å². The second-order valence-electron chi connectivity index (χ2n) is 29.9. The molecule has 0 aliphatic carbocycles. The Hall–Kier alpha value is -1.76. The third-order valence-electron chi connectivity index (χ3n) is 18.8. The molecule has 0 amide bonds. The van der Waals surface area contributed by atoms with Crippen LogP contribution in [0.25, 0.3) is 0 Å². The summed E-state index contributed by atoms with van der Waals surface area (Å²) < 4.78 is 173. The Morgan fingerprint density at radius 1 is 0.0866 bits per heavy atom. The number of rotatable bonds is 122. The second-order valence-corrected chi connectivity index (χ2v) is 29.9. The fourth-order valence-corrected chi connectivity index (χ4v) is 11.6. The monoisotopic (exact) mass is 1840 g/mol. The van der Waals surface area contributed by atoms with Crippen molar-refractivity contribution in [3.63, 3.8) is 0 Å². The fraction of sp³-hybridized carbons (Fsp3) is 0.958. The maximum Gasteiger partial charge on any atom is 0.0701 e. The smallest absolute Gasteiger partial charge is 0.0701 e. The predicted molar refractivity (Wildman–Crippen MR) is 494 cm³/mol. The first-order valence-corrected chi connectivity index (χ1v) is 49.6. The van der Waals surface area contributed by atoms with E-state index in [1.54, 1.807) is 0 Å². The Balaban J connectivity index is 3.11. The zero-order valence-corrected chi connectivity index (χ0v) is 80.6. The predicted octanol–water partition coefficient (Wildman–Crippen LogP) is 13.6. The van der Waals surface area contributed by atoms with Crippen LogP contribution >= 0.6 is 0 Å². The molecule has 0 heterocycles. The molecule has 0 atom stereocenters. The van der Waals surface area contributed by atoms with Crippen LogP contribution in [0.15, 0.2) is 24.3 Å².